The maximum atomic E-state index is 11.5. The lowest BCUT2D eigenvalue weighted by atomic mass is 10.1. The molecule has 0 bridgehead atoms. The van der Waals surface area contributed by atoms with Crippen molar-refractivity contribution in [3.63, 3.8) is 0 Å². The van der Waals surface area contributed by atoms with Crippen molar-refractivity contribution >= 4 is 11.5 Å². The number of para-hydroxylation sites is 1. The number of hydrogen-bond acceptors (Lipinski definition) is 4. The van der Waals surface area contributed by atoms with Gasteiger partial charge < -0.3 is 10.1 Å². The molecule has 2 aromatic rings. The standard InChI is InChI=1S/C20H22N2O2/c1-14(2)13-24-20-7-5-4-6-18(20)12-22-19-10-16(15(3)23)8-9-17(19)11-21/h4-10,14,22H,12-13H2,1-3H3. The summed E-state index contributed by atoms with van der Waals surface area (Å²) in [5, 5.41) is 12.5. The number of carbonyl (C=O) groups is 1. The zero-order valence-electron chi connectivity index (χ0n) is 14.3. The Morgan fingerprint density at radius 2 is 2.00 bits per heavy atom. The van der Waals surface area contributed by atoms with Gasteiger partial charge in [-0.3, -0.25) is 4.79 Å². The number of rotatable bonds is 7. The summed E-state index contributed by atoms with van der Waals surface area (Å²) in [7, 11) is 0. The molecule has 0 aliphatic heterocycles. The van der Waals surface area contributed by atoms with Crippen molar-refractivity contribution in [3.05, 3.63) is 59.2 Å². The molecular formula is C20H22N2O2. The smallest absolute Gasteiger partial charge is 0.159 e. The SMILES string of the molecule is CC(=O)c1ccc(C#N)c(NCc2ccccc2OCC(C)C)c1. The number of benzene rings is 2. The minimum absolute atomic E-state index is 0.0248. The molecule has 0 radical (unpaired) electrons. The van der Waals surface area contributed by atoms with Gasteiger partial charge in [-0.25, -0.2) is 0 Å². The first-order valence-electron chi connectivity index (χ1n) is 8.01. The van der Waals surface area contributed by atoms with Crippen molar-refractivity contribution in [3.8, 4) is 11.8 Å². The van der Waals surface area contributed by atoms with Gasteiger partial charge in [-0.1, -0.05) is 32.0 Å². The lowest BCUT2D eigenvalue weighted by Gasteiger charge is -2.15. The van der Waals surface area contributed by atoms with E-state index in [9.17, 15) is 10.1 Å². The third-order valence-corrected chi connectivity index (χ3v) is 3.56. The van der Waals surface area contributed by atoms with Gasteiger partial charge in [-0.05, 0) is 37.1 Å². The molecule has 0 atom stereocenters. The fourth-order valence-electron chi connectivity index (χ4n) is 2.24. The topological polar surface area (TPSA) is 62.1 Å². The van der Waals surface area contributed by atoms with Crippen LogP contribution in [0.5, 0.6) is 5.75 Å². The van der Waals surface area contributed by atoms with E-state index in [-0.39, 0.29) is 5.78 Å². The van der Waals surface area contributed by atoms with Gasteiger partial charge in [-0.15, -0.1) is 0 Å². The average molecular weight is 322 g/mol. The molecule has 0 aromatic heterocycles. The monoisotopic (exact) mass is 322 g/mol. The van der Waals surface area contributed by atoms with Crippen molar-refractivity contribution < 1.29 is 9.53 Å². The molecule has 0 saturated carbocycles. The van der Waals surface area contributed by atoms with Gasteiger partial charge in [0.25, 0.3) is 0 Å². The van der Waals surface area contributed by atoms with Crippen molar-refractivity contribution in [2.24, 2.45) is 5.92 Å². The number of ketones is 1. The summed E-state index contributed by atoms with van der Waals surface area (Å²) in [4.78, 5) is 11.5. The van der Waals surface area contributed by atoms with Crippen molar-refractivity contribution in [1.82, 2.24) is 0 Å². The molecule has 0 unspecified atom stereocenters. The van der Waals surface area contributed by atoms with E-state index in [1.165, 1.54) is 6.92 Å². The van der Waals surface area contributed by atoms with Crippen LogP contribution in [-0.2, 0) is 6.54 Å². The van der Waals surface area contributed by atoms with Crippen LogP contribution in [-0.4, -0.2) is 12.4 Å². The molecule has 4 heteroatoms. The summed E-state index contributed by atoms with van der Waals surface area (Å²) in [5.74, 6) is 1.26. The summed E-state index contributed by atoms with van der Waals surface area (Å²) in [6.07, 6.45) is 0. The fourth-order valence-corrected chi connectivity index (χ4v) is 2.24. The maximum Gasteiger partial charge on any atom is 0.159 e. The second-order valence-electron chi connectivity index (χ2n) is 6.09. The predicted molar refractivity (Wildman–Crippen MR) is 95.3 cm³/mol. The first kappa shape index (κ1) is 17.6. The molecule has 24 heavy (non-hydrogen) atoms. The molecule has 0 aliphatic carbocycles. The molecule has 1 N–H and O–H groups in total. The highest BCUT2D eigenvalue weighted by molar-refractivity contribution is 5.95. The molecular weight excluding hydrogens is 300 g/mol. The van der Waals surface area contributed by atoms with Crippen LogP contribution >= 0.6 is 0 Å². The minimum Gasteiger partial charge on any atom is -0.493 e. The van der Waals surface area contributed by atoms with E-state index in [1.54, 1.807) is 18.2 Å². The summed E-state index contributed by atoms with van der Waals surface area (Å²) in [6, 6.07) is 15.0. The largest absolute Gasteiger partial charge is 0.493 e. The van der Waals surface area contributed by atoms with E-state index in [4.69, 9.17) is 4.74 Å². The normalized spacial score (nSPS) is 10.3. The van der Waals surface area contributed by atoms with E-state index in [1.807, 2.05) is 24.3 Å². The number of anilines is 1. The van der Waals surface area contributed by atoms with Gasteiger partial charge in [0.2, 0.25) is 0 Å². The number of nitriles is 1. The Hall–Kier alpha value is -2.80. The lowest BCUT2D eigenvalue weighted by molar-refractivity contribution is 0.101. The number of nitrogens with zero attached hydrogens (tertiary/aromatic N) is 1. The average Bonchev–Trinajstić information content (AvgIpc) is 2.58. The Labute approximate surface area is 143 Å². The van der Waals surface area contributed by atoms with E-state index < -0.39 is 0 Å². The van der Waals surface area contributed by atoms with Crippen LogP contribution in [0.25, 0.3) is 0 Å². The predicted octanol–water partition coefficient (Wildman–Crippen LogP) is 4.41. The molecule has 124 valence electrons. The lowest BCUT2D eigenvalue weighted by Crippen LogP contribution is -2.08. The Morgan fingerprint density at radius 3 is 2.67 bits per heavy atom. The molecule has 2 rings (SSSR count). The summed E-state index contributed by atoms with van der Waals surface area (Å²) >= 11 is 0. The summed E-state index contributed by atoms with van der Waals surface area (Å²) in [5.41, 5.74) is 2.76. The summed E-state index contributed by atoms with van der Waals surface area (Å²) in [6.45, 7) is 6.89. The molecule has 0 heterocycles. The van der Waals surface area contributed by atoms with Gasteiger partial charge in [-0.2, -0.15) is 5.26 Å². The van der Waals surface area contributed by atoms with Gasteiger partial charge in [0.1, 0.15) is 11.8 Å². The first-order valence-corrected chi connectivity index (χ1v) is 8.01. The minimum atomic E-state index is -0.0248. The quantitative estimate of drug-likeness (QED) is 0.767. The fraction of sp³-hybridized carbons (Fsp3) is 0.300. The Kier molecular flexibility index (Phi) is 5.97. The van der Waals surface area contributed by atoms with E-state index in [0.717, 1.165) is 11.3 Å². The number of Topliss-reactive ketones (excluding diaryl/α,β-unsaturated/α-hetero) is 1. The van der Waals surface area contributed by atoms with Crippen molar-refractivity contribution in [2.75, 3.05) is 11.9 Å². The van der Waals surface area contributed by atoms with E-state index in [0.29, 0.717) is 35.9 Å². The van der Waals surface area contributed by atoms with Gasteiger partial charge >= 0.3 is 0 Å². The third-order valence-electron chi connectivity index (χ3n) is 3.56. The molecule has 4 nitrogen and oxygen atoms in total. The summed E-state index contributed by atoms with van der Waals surface area (Å²) < 4.78 is 5.85. The first-order chi connectivity index (χ1) is 11.5. The molecule has 0 spiro atoms. The van der Waals surface area contributed by atoms with Crippen LogP contribution in [0.4, 0.5) is 5.69 Å². The molecule has 0 amide bonds. The maximum absolute atomic E-state index is 11.5. The van der Waals surface area contributed by atoms with E-state index in [2.05, 4.69) is 25.2 Å². The number of carbonyl (C=O) groups excluding carboxylic acids is 1. The van der Waals surface area contributed by atoms with Crippen LogP contribution in [0.15, 0.2) is 42.5 Å². The van der Waals surface area contributed by atoms with Gasteiger partial charge in [0.15, 0.2) is 5.78 Å². The third kappa shape index (κ3) is 4.60. The second-order valence-corrected chi connectivity index (χ2v) is 6.09. The highest BCUT2D eigenvalue weighted by Gasteiger charge is 2.08. The zero-order valence-corrected chi connectivity index (χ0v) is 14.3. The van der Waals surface area contributed by atoms with Crippen LogP contribution < -0.4 is 10.1 Å². The molecule has 0 fully saturated rings. The molecule has 0 aliphatic rings. The van der Waals surface area contributed by atoms with E-state index >= 15 is 0 Å². The number of nitrogens with one attached hydrogen (secondary N) is 1. The molecule has 0 saturated heterocycles. The van der Waals surface area contributed by atoms with Crippen molar-refractivity contribution in [2.45, 2.75) is 27.3 Å². The van der Waals surface area contributed by atoms with Crippen LogP contribution in [0.2, 0.25) is 0 Å². The highest BCUT2D eigenvalue weighted by atomic mass is 16.5. The highest BCUT2D eigenvalue weighted by Crippen LogP contribution is 2.23. The number of hydrogen-bond donors (Lipinski definition) is 1. The van der Waals surface area contributed by atoms with Gasteiger partial charge in [0, 0.05) is 17.7 Å². The number of ether oxygens (including phenoxy) is 1. The molecule has 2 aromatic carbocycles. The Balaban J connectivity index is 2.18. The second kappa shape index (κ2) is 8.16. The van der Waals surface area contributed by atoms with Gasteiger partial charge in [0.05, 0.1) is 17.9 Å². The Morgan fingerprint density at radius 1 is 1.25 bits per heavy atom. The van der Waals surface area contributed by atoms with Crippen LogP contribution in [0.3, 0.4) is 0 Å². The van der Waals surface area contributed by atoms with Crippen LogP contribution in [0, 0.1) is 17.2 Å². The van der Waals surface area contributed by atoms with Crippen LogP contribution in [0.1, 0.15) is 42.3 Å². The Bertz CT molecular complexity index is 760. The zero-order chi connectivity index (χ0) is 17.5. The van der Waals surface area contributed by atoms with Crippen molar-refractivity contribution in [1.29, 1.82) is 5.26 Å².